The number of hydrogen-bond acceptors (Lipinski definition) is 5. The Kier molecular flexibility index (Phi) is 5.55. The van der Waals surface area contributed by atoms with Crippen LogP contribution in [0.3, 0.4) is 0 Å². The highest BCUT2D eigenvalue weighted by Crippen LogP contribution is 2.29. The van der Waals surface area contributed by atoms with Gasteiger partial charge < -0.3 is 10.1 Å². The molecule has 0 saturated heterocycles. The topological polar surface area (TPSA) is 69.0 Å². The Morgan fingerprint density at radius 1 is 1.17 bits per heavy atom. The molecule has 2 aromatic heterocycles. The van der Waals surface area contributed by atoms with Gasteiger partial charge in [0, 0.05) is 12.1 Å². The molecule has 0 bridgehead atoms. The second kappa shape index (κ2) is 8.28. The highest BCUT2D eigenvalue weighted by molar-refractivity contribution is 7.20. The minimum atomic E-state index is -0.0868. The summed E-state index contributed by atoms with van der Waals surface area (Å²) in [7, 11) is 1.63. The van der Waals surface area contributed by atoms with Gasteiger partial charge in [-0.05, 0) is 36.1 Å². The van der Waals surface area contributed by atoms with E-state index in [0.717, 1.165) is 27.2 Å². The van der Waals surface area contributed by atoms with Gasteiger partial charge in [-0.1, -0.05) is 49.4 Å². The molecule has 30 heavy (non-hydrogen) atoms. The molecule has 0 radical (unpaired) electrons. The van der Waals surface area contributed by atoms with Crippen LogP contribution >= 0.6 is 11.3 Å². The SMILES string of the molecule is COc1ccc2sc(-n3nc(C)cc3NC(=O)Cc3ccc(C(C)C)cc3)nc2c1. The number of amides is 1. The Morgan fingerprint density at radius 3 is 2.63 bits per heavy atom. The van der Waals surface area contributed by atoms with E-state index in [1.165, 1.54) is 16.9 Å². The fraction of sp³-hybridized carbons (Fsp3) is 0.261. The first-order valence-corrected chi connectivity index (χ1v) is 10.6. The van der Waals surface area contributed by atoms with Gasteiger partial charge in [0.2, 0.25) is 11.0 Å². The van der Waals surface area contributed by atoms with Crippen molar-refractivity contribution in [3.63, 3.8) is 0 Å². The van der Waals surface area contributed by atoms with E-state index in [-0.39, 0.29) is 5.91 Å². The summed E-state index contributed by atoms with van der Waals surface area (Å²) in [5, 5.41) is 8.21. The molecule has 7 heteroatoms. The van der Waals surface area contributed by atoms with E-state index in [1.807, 2.05) is 43.3 Å². The van der Waals surface area contributed by atoms with Crippen LogP contribution in [0.1, 0.15) is 36.6 Å². The minimum Gasteiger partial charge on any atom is -0.497 e. The number of aryl methyl sites for hydroxylation is 1. The summed E-state index contributed by atoms with van der Waals surface area (Å²) in [6.45, 7) is 6.21. The van der Waals surface area contributed by atoms with Crippen LogP contribution in [0.4, 0.5) is 5.82 Å². The molecule has 0 spiro atoms. The summed E-state index contributed by atoms with van der Waals surface area (Å²) >= 11 is 1.51. The molecule has 0 fully saturated rings. The number of benzene rings is 2. The van der Waals surface area contributed by atoms with E-state index < -0.39 is 0 Å². The minimum absolute atomic E-state index is 0.0868. The summed E-state index contributed by atoms with van der Waals surface area (Å²) in [6.07, 6.45) is 0.305. The molecule has 4 rings (SSSR count). The average Bonchev–Trinajstić information content (AvgIpc) is 3.30. The van der Waals surface area contributed by atoms with Crippen LogP contribution in [0.5, 0.6) is 5.75 Å². The van der Waals surface area contributed by atoms with Crippen molar-refractivity contribution in [1.82, 2.24) is 14.8 Å². The zero-order valence-electron chi connectivity index (χ0n) is 17.5. The molecule has 1 amide bonds. The van der Waals surface area contributed by atoms with E-state index in [2.05, 4.69) is 41.4 Å². The molecule has 154 valence electrons. The van der Waals surface area contributed by atoms with Gasteiger partial charge in [-0.3, -0.25) is 4.79 Å². The van der Waals surface area contributed by atoms with Crippen molar-refractivity contribution in [2.75, 3.05) is 12.4 Å². The molecule has 0 atom stereocenters. The van der Waals surface area contributed by atoms with Crippen LogP contribution in [0.25, 0.3) is 15.3 Å². The number of ether oxygens (including phenoxy) is 1. The Labute approximate surface area is 179 Å². The number of anilines is 1. The van der Waals surface area contributed by atoms with Gasteiger partial charge in [-0.2, -0.15) is 9.78 Å². The molecule has 2 heterocycles. The van der Waals surface area contributed by atoms with Gasteiger partial charge in [0.1, 0.15) is 11.6 Å². The Morgan fingerprint density at radius 2 is 1.93 bits per heavy atom. The molecule has 1 N–H and O–H groups in total. The number of carbonyl (C=O) groups excluding carboxylic acids is 1. The fourth-order valence-corrected chi connectivity index (χ4v) is 4.15. The highest BCUT2D eigenvalue weighted by atomic mass is 32.1. The Hall–Kier alpha value is -3.19. The third kappa shape index (κ3) is 4.21. The number of nitrogens with zero attached hydrogens (tertiary/aromatic N) is 3. The maximum atomic E-state index is 12.7. The predicted octanol–water partition coefficient (Wildman–Crippen LogP) is 5.10. The van der Waals surface area contributed by atoms with Gasteiger partial charge in [0.25, 0.3) is 0 Å². The van der Waals surface area contributed by atoms with Crippen LogP contribution in [0.2, 0.25) is 0 Å². The molecule has 0 aliphatic rings. The lowest BCUT2D eigenvalue weighted by molar-refractivity contribution is -0.115. The van der Waals surface area contributed by atoms with Crippen molar-refractivity contribution in [2.45, 2.75) is 33.1 Å². The second-order valence-corrected chi connectivity index (χ2v) is 8.54. The van der Waals surface area contributed by atoms with Crippen molar-refractivity contribution in [1.29, 1.82) is 0 Å². The molecule has 0 aliphatic carbocycles. The van der Waals surface area contributed by atoms with E-state index in [1.54, 1.807) is 11.8 Å². The standard InChI is InChI=1S/C23H24N4O2S/c1-14(2)17-7-5-16(6-8-17)12-22(28)25-21-11-15(3)26-27(21)23-24-19-13-18(29-4)9-10-20(19)30-23/h5-11,13-14H,12H2,1-4H3,(H,25,28). The van der Waals surface area contributed by atoms with Crippen LogP contribution in [-0.2, 0) is 11.2 Å². The third-order valence-electron chi connectivity index (χ3n) is 4.87. The van der Waals surface area contributed by atoms with Gasteiger partial charge in [0.05, 0.1) is 29.4 Å². The maximum absolute atomic E-state index is 12.7. The van der Waals surface area contributed by atoms with Crippen LogP contribution in [-0.4, -0.2) is 27.8 Å². The van der Waals surface area contributed by atoms with Gasteiger partial charge in [-0.25, -0.2) is 4.98 Å². The quantitative estimate of drug-likeness (QED) is 0.471. The lowest BCUT2D eigenvalue weighted by Crippen LogP contribution is -2.17. The van der Waals surface area contributed by atoms with Crippen LogP contribution in [0, 0.1) is 6.92 Å². The fourth-order valence-electron chi connectivity index (χ4n) is 3.24. The van der Waals surface area contributed by atoms with E-state index in [0.29, 0.717) is 23.3 Å². The summed E-state index contributed by atoms with van der Waals surface area (Å²) in [5.41, 5.74) is 3.89. The van der Waals surface area contributed by atoms with Crippen molar-refractivity contribution in [3.05, 3.63) is 65.4 Å². The molecular formula is C23H24N4O2S. The smallest absolute Gasteiger partial charge is 0.229 e. The first-order valence-electron chi connectivity index (χ1n) is 9.83. The first kappa shape index (κ1) is 20.1. The summed E-state index contributed by atoms with van der Waals surface area (Å²) in [4.78, 5) is 17.3. The second-order valence-electron chi connectivity index (χ2n) is 7.53. The number of hydrogen-bond donors (Lipinski definition) is 1. The van der Waals surface area contributed by atoms with E-state index >= 15 is 0 Å². The Balaban J connectivity index is 1.55. The number of methoxy groups -OCH3 is 1. The van der Waals surface area contributed by atoms with Gasteiger partial charge in [0.15, 0.2) is 0 Å². The number of fused-ring (bicyclic) bond motifs is 1. The third-order valence-corrected chi connectivity index (χ3v) is 5.89. The number of nitrogens with one attached hydrogen (secondary N) is 1. The van der Waals surface area contributed by atoms with Crippen LogP contribution in [0.15, 0.2) is 48.5 Å². The molecular weight excluding hydrogens is 396 g/mol. The van der Waals surface area contributed by atoms with Gasteiger partial charge >= 0.3 is 0 Å². The predicted molar refractivity (Wildman–Crippen MR) is 121 cm³/mol. The molecule has 0 aliphatic heterocycles. The van der Waals surface area contributed by atoms with Crippen molar-refractivity contribution >= 4 is 33.3 Å². The highest BCUT2D eigenvalue weighted by Gasteiger charge is 2.15. The molecule has 6 nitrogen and oxygen atoms in total. The number of rotatable bonds is 6. The summed E-state index contributed by atoms with van der Waals surface area (Å²) < 4.78 is 8.00. The zero-order chi connectivity index (χ0) is 21.3. The number of aromatic nitrogens is 3. The Bertz CT molecular complexity index is 1190. The zero-order valence-corrected chi connectivity index (χ0v) is 18.3. The van der Waals surface area contributed by atoms with Gasteiger partial charge in [-0.15, -0.1) is 0 Å². The van der Waals surface area contributed by atoms with Crippen molar-refractivity contribution < 1.29 is 9.53 Å². The number of carbonyl (C=O) groups is 1. The lowest BCUT2D eigenvalue weighted by Gasteiger charge is -2.08. The first-order chi connectivity index (χ1) is 14.4. The average molecular weight is 421 g/mol. The molecule has 4 aromatic rings. The molecule has 0 unspecified atom stereocenters. The molecule has 2 aromatic carbocycles. The monoisotopic (exact) mass is 420 g/mol. The summed E-state index contributed by atoms with van der Waals surface area (Å²) in [5.74, 6) is 1.76. The lowest BCUT2D eigenvalue weighted by atomic mass is 10.0. The largest absolute Gasteiger partial charge is 0.497 e. The molecule has 0 saturated carbocycles. The van der Waals surface area contributed by atoms with Crippen molar-refractivity contribution in [3.8, 4) is 10.9 Å². The normalized spacial score (nSPS) is 11.2. The van der Waals surface area contributed by atoms with Crippen molar-refractivity contribution in [2.24, 2.45) is 0 Å². The maximum Gasteiger partial charge on any atom is 0.229 e. The number of thiazole rings is 1. The summed E-state index contributed by atoms with van der Waals surface area (Å²) in [6, 6.07) is 15.8. The van der Waals surface area contributed by atoms with E-state index in [9.17, 15) is 4.79 Å². The van der Waals surface area contributed by atoms with Crippen LogP contribution < -0.4 is 10.1 Å². The van der Waals surface area contributed by atoms with E-state index in [4.69, 9.17) is 4.74 Å².